The lowest BCUT2D eigenvalue weighted by molar-refractivity contribution is -0.119. The maximum Gasteiger partial charge on any atom is 0.228 e. The van der Waals surface area contributed by atoms with Crippen molar-refractivity contribution in [1.29, 1.82) is 0 Å². The lowest BCUT2D eigenvalue weighted by Gasteiger charge is -2.28. The fourth-order valence-corrected chi connectivity index (χ4v) is 2.63. The van der Waals surface area contributed by atoms with Crippen molar-refractivity contribution in [3.8, 4) is 0 Å². The molecule has 1 unspecified atom stereocenters. The quantitative estimate of drug-likeness (QED) is 0.809. The molecular formula is C20H21NO2. The molecule has 0 radical (unpaired) electrons. The number of amides is 1. The number of ketones is 1. The zero-order chi connectivity index (χ0) is 16.8. The second-order valence-electron chi connectivity index (χ2n) is 5.53. The Kier molecular flexibility index (Phi) is 5.47. The molecule has 1 amide bonds. The number of Topliss-reactive ketones (excluding diaryl/α,β-unsaturated/α-hetero) is 1. The van der Waals surface area contributed by atoms with E-state index in [4.69, 9.17) is 0 Å². The lowest BCUT2D eigenvalue weighted by atomic mass is 9.92. The van der Waals surface area contributed by atoms with Gasteiger partial charge in [0, 0.05) is 18.3 Å². The Labute approximate surface area is 137 Å². The maximum atomic E-state index is 12.1. The van der Waals surface area contributed by atoms with E-state index < -0.39 is 5.92 Å². The number of benzene rings is 2. The molecule has 2 rings (SSSR count). The van der Waals surface area contributed by atoms with Gasteiger partial charge >= 0.3 is 0 Å². The second kappa shape index (κ2) is 7.54. The van der Waals surface area contributed by atoms with Crippen LogP contribution in [0, 0.1) is 5.92 Å². The van der Waals surface area contributed by atoms with Gasteiger partial charge < -0.3 is 0 Å². The largest absolute Gasteiger partial charge is 0.299 e. The molecule has 0 aliphatic rings. The molecule has 2 aromatic rings. The SMILES string of the molecule is C=C(C(Cc1ccccc1)C(C)=O)N(C(C)=O)c1ccccc1. The molecule has 23 heavy (non-hydrogen) atoms. The predicted molar refractivity (Wildman–Crippen MR) is 93.1 cm³/mol. The summed E-state index contributed by atoms with van der Waals surface area (Å²) in [7, 11) is 0. The predicted octanol–water partition coefficient (Wildman–Crippen LogP) is 4.00. The van der Waals surface area contributed by atoms with Crippen LogP contribution in [0.3, 0.4) is 0 Å². The highest BCUT2D eigenvalue weighted by Gasteiger charge is 2.26. The number of para-hydroxylation sites is 1. The van der Waals surface area contributed by atoms with Gasteiger partial charge in [-0.2, -0.15) is 0 Å². The fraction of sp³-hybridized carbons (Fsp3) is 0.200. The average Bonchev–Trinajstić information content (AvgIpc) is 2.54. The molecule has 0 bridgehead atoms. The van der Waals surface area contributed by atoms with Gasteiger partial charge in [0.15, 0.2) is 0 Å². The van der Waals surface area contributed by atoms with Gasteiger partial charge in [-0.05, 0) is 31.0 Å². The van der Waals surface area contributed by atoms with Crippen molar-refractivity contribution >= 4 is 17.4 Å². The number of carbonyl (C=O) groups excluding carboxylic acids is 2. The van der Waals surface area contributed by atoms with E-state index in [1.165, 1.54) is 11.8 Å². The number of carbonyl (C=O) groups is 2. The van der Waals surface area contributed by atoms with Crippen LogP contribution in [0.5, 0.6) is 0 Å². The van der Waals surface area contributed by atoms with Crippen LogP contribution in [0.2, 0.25) is 0 Å². The number of nitrogens with zero attached hydrogens (tertiary/aromatic N) is 1. The minimum absolute atomic E-state index is 0.000958. The van der Waals surface area contributed by atoms with Crippen LogP contribution in [-0.4, -0.2) is 11.7 Å². The molecule has 0 aliphatic heterocycles. The van der Waals surface area contributed by atoms with Gasteiger partial charge in [0.05, 0.1) is 5.92 Å². The molecule has 3 heteroatoms. The van der Waals surface area contributed by atoms with E-state index in [-0.39, 0.29) is 11.7 Å². The smallest absolute Gasteiger partial charge is 0.228 e. The summed E-state index contributed by atoms with van der Waals surface area (Å²) in [6, 6.07) is 19.1. The van der Waals surface area contributed by atoms with Crippen LogP contribution in [0.15, 0.2) is 72.9 Å². The zero-order valence-electron chi connectivity index (χ0n) is 13.5. The second-order valence-corrected chi connectivity index (χ2v) is 5.53. The van der Waals surface area contributed by atoms with E-state index in [2.05, 4.69) is 6.58 Å². The standard InChI is InChI=1S/C20H21NO2/c1-15(21(17(3)23)19-12-8-5-9-13-19)20(16(2)22)14-18-10-6-4-7-11-18/h4-13,20H,1,14H2,2-3H3. The lowest BCUT2D eigenvalue weighted by Crippen LogP contribution is -2.34. The Morgan fingerprint density at radius 3 is 1.96 bits per heavy atom. The summed E-state index contributed by atoms with van der Waals surface area (Å²) in [5, 5.41) is 0. The number of anilines is 1. The summed E-state index contributed by atoms with van der Waals surface area (Å²) in [6.45, 7) is 7.08. The van der Waals surface area contributed by atoms with Crippen molar-refractivity contribution < 1.29 is 9.59 Å². The Morgan fingerprint density at radius 1 is 0.957 bits per heavy atom. The molecule has 0 saturated carbocycles. The minimum Gasteiger partial charge on any atom is -0.299 e. The van der Waals surface area contributed by atoms with E-state index >= 15 is 0 Å². The molecule has 3 nitrogen and oxygen atoms in total. The van der Waals surface area contributed by atoms with E-state index in [1.54, 1.807) is 6.92 Å². The molecule has 1 atom stereocenters. The summed E-state index contributed by atoms with van der Waals surface area (Å²) in [5.74, 6) is -0.581. The van der Waals surface area contributed by atoms with Gasteiger partial charge in [0.1, 0.15) is 5.78 Å². The van der Waals surface area contributed by atoms with Crippen molar-refractivity contribution in [1.82, 2.24) is 0 Å². The first-order valence-corrected chi connectivity index (χ1v) is 7.59. The Balaban J connectivity index is 2.32. The van der Waals surface area contributed by atoms with Crippen molar-refractivity contribution in [2.24, 2.45) is 5.92 Å². The van der Waals surface area contributed by atoms with Crippen molar-refractivity contribution in [2.45, 2.75) is 20.3 Å². The third-order valence-electron chi connectivity index (χ3n) is 3.79. The maximum absolute atomic E-state index is 12.1. The molecule has 0 aromatic heterocycles. The number of hydrogen-bond acceptors (Lipinski definition) is 2. The van der Waals surface area contributed by atoms with E-state index in [9.17, 15) is 9.59 Å². The van der Waals surface area contributed by atoms with E-state index in [1.807, 2.05) is 60.7 Å². The third-order valence-corrected chi connectivity index (χ3v) is 3.79. The van der Waals surface area contributed by atoms with Crippen LogP contribution in [0.4, 0.5) is 5.69 Å². The van der Waals surface area contributed by atoms with E-state index in [0.717, 1.165) is 11.3 Å². The van der Waals surface area contributed by atoms with Crippen LogP contribution in [0.25, 0.3) is 0 Å². The first kappa shape index (κ1) is 16.7. The fourth-order valence-electron chi connectivity index (χ4n) is 2.63. The van der Waals surface area contributed by atoms with Crippen LogP contribution in [0.1, 0.15) is 19.4 Å². The minimum atomic E-state index is -0.429. The molecule has 0 saturated heterocycles. The van der Waals surface area contributed by atoms with Gasteiger partial charge in [-0.25, -0.2) is 0 Å². The molecule has 0 fully saturated rings. The summed E-state index contributed by atoms with van der Waals surface area (Å²) in [5.41, 5.74) is 2.29. The molecule has 0 N–H and O–H groups in total. The molecule has 2 aromatic carbocycles. The van der Waals surface area contributed by atoms with Crippen LogP contribution in [-0.2, 0) is 16.0 Å². The Bertz CT molecular complexity index is 692. The van der Waals surface area contributed by atoms with Gasteiger partial charge in [-0.1, -0.05) is 55.1 Å². The molecule has 0 spiro atoms. The molecule has 118 valence electrons. The molecular weight excluding hydrogens is 286 g/mol. The van der Waals surface area contributed by atoms with Crippen LogP contribution < -0.4 is 4.90 Å². The van der Waals surface area contributed by atoms with Crippen molar-refractivity contribution in [2.75, 3.05) is 4.90 Å². The summed E-state index contributed by atoms with van der Waals surface area (Å²) < 4.78 is 0. The Hall–Kier alpha value is -2.68. The van der Waals surface area contributed by atoms with Gasteiger partial charge in [0.2, 0.25) is 5.91 Å². The van der Waals surface area contributed by atoms with Gasteiger partial charge in [0.25, 0.3) is 0 Å². The first-order valence-electron chi connectivity index (χ1n) is 7.59. The summed E-state index contributed by atoms with van der Waals surface area (Å²) in [6.07, 6.45) is 0.533. The third kappa shape index (κ3) is 4.16. The topological polar surface area (TPSA) is 37.4 Å². The summed E-state index contributed by atoms with van der Waals surface area (Å²) >= 11 is 0. The highest BCUT2D eigenvalue weighted by molar-refractivity contribution is 5.96. The number of allylic oxidation sites excluding steroid dienone is 1. The van der Waals surface area contributed by atoms with Gasteiger partial charge in [-0.3, -0.25) is 14.5 Å². The Morgan fingerprint density at radius 2 is 1.48 bits per heavy atom. The monoisotopic (exact) mass is 307 g/mol. The van der Waals surface area contributed by atoms with E-state index in [0.29, 0.717) is 12.1 Å². The number of rotatable bonds is 6. The zero-order valence-corrected chi connectivity index (χ0v) is 13.5. The normalized spacial score (nSPS) is 11.6. The number of hydrogen-bond donors (Lipinski definition) is 0. The highest BCUT2D eigenvalue weighted by atomic mass is 16.2. The van der Waals surface area contributed by atoms with Crippen molar-refractivity contribution in [3.63, 3.8) is 0 Å². The summed E-state index contributed by atoms with van der Waals surface area (Å²) in [4.78, 5) is 25.8. The average molecular weight is 307 g/mol. The van der Waals surface area contributed by atoms with Gasteiger partial charge in [-0.15, -0.1) is 0 Å². The highest BCUT2D eigenvalue weighted by Crippen LogP contribution is 2.26. The molecule has 0 heterocycles. The first-order chi connectivity index (χ1) is 11.0. The molecule has 0 aliphatic carbocycles. The van der Waals surface area contributed by atoms with Crippen molar-refractivity contribution in [3.05, 3.63) is 78.5 Å². The van der Waals surface area contributed by atoms with Crippen LogP contribution >= 0.6 is 0 Å².